The molecule has 0 aliphatic heterocycles. The fourth-order valence-electron chi connectivity index (χ4n) is 2.34. The van der Waals surface area contributed by atoms with Crippen LogP contribution in [0.15, 0.2) is 54.7 Å². The highest BCUT2D eigenvalue weighted by atomic mass is 16.3. The van der Waals surface area contributed by atoms with Gasteiger partial charge in [0.25, 0.3) is 0 Å². The summed E-state index contributed by atoms with van der Waals surface area (Å²) in [6.45, 7) is 1.55. The molecule has 3 rings (SSSR count). The first-order chi connectivity index (χ1) is 9.18. The Hall–Kier alpha value is -2.55. The van der Waals surface area contributed by atoms with Crippen molar-refractivity contribution in [1.82, 2.24) is 4.40 Å². The number of benzene rings is 1. The van der Waals surface area contributed by atoms with Crippen LogP contribution in [0.3, 0.4) is 0 Å². The van der Waals surface area contributed by atoms with E-state index in [1.54, 1.807) is 19.1 Å². The van der Waals surface area contributed by atoms with E-state index in [9.17, 15) is 9.90 Å². The molecule has 2 aromatic heterocycles. The van der Waals surface area contributed by atoms with E-state index in [-0.39, 0.29) is 11.5 Å². The van der Waals surface area contributed by atoms with E-state index in [1.807, 2.05) is 47.0 Å². The van der Waals surface area contributed by atoms with Crippen molar-refractivity contribution in [2.45, 2.75) is 6.92 Å². The van der Waals surface area contributed by atoms with Crippen molar-refractivity contribution in [2.24, 2.45) is 0 Å². The van der Waals surface area contributed by atoms with Crippen molar-refractivity contribution >= 4 is 11.3 Å². The molecule has 3 aromatic rings. The van der Waals surface area contributed by atoms with Crippen LogP contribution in [-0.2, 0) is 0 Å². The number of nitrogens with zero attached hydrogens (tertiary/aromatic N) is 1. The first-order valence-corrected chi connectivity index (χ1v) is 6.08. The van der Waals surface area contributed by atoms with Crippen molar-refractivity contribution < 1.29 is 9.90 Å². The van der Waals surface area contributed by atoms with E-state index in [4.69, 9.17) is 0 Å². The largest absolute Gasteiger partial charge is 0.507 e. The van der Waals surface area contributed by atoms with Crippen molar-refractivity contribution in [3.63, 3.8) is 0 Å². The highest BCUT2D eigenvalue weighted by Crippen LogP contribution is 2.34. The van der Waals surface area contributed by atoms with Crippen LogP contribution in [0.25, 0.3) is 16.6 Å². The zero-order chi connectivity index (χ0) is 13.4. The van der Waals surface area contributed by atoms with E-state index in [0.717, 1.165) is 16.6 Å². The Bertz CT molecular complexity index is 771. The number of pyridine rings is 1. The summed E-state index contributed by atoms with van der Waals surface area (Å²) < 4.78 is 1.85. The van der Waals surface area contributed by atoms with Gasteiger partial charge in [0.1, 0.15) is 5.75 Å². The Balaban J connectivity index is 2.37. The predicted octanol–water partition coefficient (Wildman–Crippen LogP) is 3.51. The number of carbonyl (C=O) groups is 1. The van der Waals surface area contributed by atoms with Crippen LogP contribution in [0.5, 0.6) is 5.75 Å². The van der Waals surface area contributed by atoms with Gasteiger partial charge in [-0.05, 0) is 24.3 Å². The molecule has 0 fully saturated rings. The van der Waals surface area contributed by atoms with Crippen molar-refractivity contribution in [3.05, 3.63) is 60.4 Å². The van der Waals surface area contributed by atoms with Gasteiger partial charge in [-0.3, -0.25) is 4.79 Å². The van der Waals surface area contributed by atoms with E-state index in [0.29, 0.717) is 5.69 Å². The summed E-state index contributed by atoms with van der Waals surface area (Å²) in [5, 5.41) is 9.98. The molecular formula is C16H13NO2. The molecule has 0 atom stereocenters. The monoisotopic (exact) mass is 251 g/mol. The number of phenolic OH excluding ortho intramolecular Hbond substituents is 1. The van der Waals surface area contributed by atoms with E-state index in [2.05, 4.69) is 0 Å². The first kappa shape index (κ1) is 11.5. The van der Waals surface area contributed by atoms with Crippen LogP contribution in [0.2, 0.25) is 0 Å². The SMILES string of the molecule is CC(=O)c1cc(-c2ccccc2O)c2ccccn12. The zero-order valence-corrected chi connectivity index (χ0v) is 10.5. The van der Waals surface area contributed by atoms with E-state index >= 15 is 0 Å². The molecule has 19 heavy (non-hydrogen) atoms. The van der Waals surface area contributed by atoms with Crippen LogP contribution in [0, 0.1) is 0 Å². The number of hydrogen-bond acceptors (Lipinski definition) is 2. The molecule has 1 N–H and O–H groups in total. The summed E-state index contributed by atoms with van der Waals surface area (Å²) >= 11 is 0. The lowest BCUT2D eigenvalue weighted by Gasteiger charge is -2.03. The molecule has 94 valence electrons. The van der Waals surface area contributed by atoms with Crippen LogP contribution in [0.1, 0.15) is 17.4 Å². The van der Waals surface area contributed by atoms with Gasteiger partial charge in [-0.1, -0.05) is 24.3 Å². The summed E-state index contributed by atoms with van der Waals surface area (Å²) in [7, 11) is 0. The average Bonchev–Trinajstić information content (AvgIpc) is 2.79. The van der Waals surface area contributed by atoms with Crippen molar-refractivity contribution in [1.29, 1.82) is 0 Å². The van der Waals surface area contributed by atoms with Gasteiger partial charge in [-0.25, -0.2) is 0 Å². The highest BCUT2D eigenvalue weighted by molar-refractivity contribution is 5.98. The lowest BCUT2D eigenvalue weighted by atomic mass is 10.1. The number of para-hydroxylation sites is 1. The fourth-order valence-corrected chi connectivity index (χ4v) is 2.34. The number of carbonyl (C=O) groups excluding carboxylic acids is 1. The maximum absolute atomic E-state index is 11.7. The molecule has 0 amide bonds. The maximum atomic E-state index is 11.7. The molecule has 0 aliphatic rings. The predicted molar refractivity (Wildman–Crippen MR) is 74.5 cm³/mol. The van der Waals surface area contributed by atoms with Crippen LogP contribution in [-0.4, -0.2) is 15.3 Å². The third-order valence-corrected chi connectivity index (χ3v) is 3.23. The fraction of sp³-hybridized carbons (Fsp3) is 0.0625. The topological polar surface area (TPSA) is 41.7 Å². The standard InChI is InChI=1S/C16H13NO2/c1-11(18)15-10-13(12-6-2-3-8-16(12)19)14-7-4-5-9-17(14)15/h2-10,19H,1H3. The second-order valence-electron chi connectivity index (χ2n) is 4.47. The van der Waals surface area contributed by atoms with Gasteiger partial charge in [0.2, 0.25) is 0 Å². The summed E-state index contributed by atoms with van der Waals surface area (Å²) in [6.07, 6.45) is 1.86. The second kappa shape index (κ2) is 4.28. The number of Topliss-reactive ketones (excluding diaryl/α,β-unsaturated/α-hetero) is 1. The van der Waals surface area contributed by atoms with Gasteiger partial charge < -0.3 is 9.51 Å². The van der Waals surface area contributed by atoms with Gasteiger partial charge in [0.05, 0.1) is 11.2 Å². The number of hydrogen-bond donors (Lipinski definition) is 1. The molecule has 0 radical (unpaired) electrons. The van der Waals surface area contributed by atoms with Gasteiger partial charge in [-0.15, -0.1) is 0 Å². The third-order valence-electron chi connectivity index (χ3n) is 3.23. The summed E-state index contributed by atoms with van der Waals surface area (Å²) in [6, 6.07) is 14.7. The molecular weight excluding hydrogens is 238 g/mol. The molecule has 3 nitrogen and oxygen atoms in total. The molecule has 0 saturated carbocycles. The quantitative estimate of drug-likeness (QED) is 0.708. The number of rotatable bonds is 2. The van der Waals surface area contributed by atoms with Crippen LogP contribution in [0.4, 0.5) is 0 Å². The minimum absolute atomic E-state index is 0.00266. The zero-order valence-electron chi connectivity index (χ0n) is 10.5. The Labute approximate surface area is 110 Å². The Kier molecular flexibility index (Phi) is 2.60. The molecule has 2 heterocycles. The lowest BCUT2D eigenvalue weighted by molar-refractivity contribution is 0.101. The lowest BCUT2D eigenvalue weighted by Crippen LogP contribution is -1.96. The van der Waals surface area contributed by atoms with Gasteiger partial charge >= 0.3 is 0 Å². The number of aromatic nitrogens is 1. The van der Waals surface area contributed by atoms with Gasteiger partial charge in [0.15, 0.2) is 5.78 Å². The van der Waals surface area contributed by atoms with Crippen molar-refractivity contribution in [2.75, 3.05) is 0 Å². The molecule has 0 aliphatic carbocycles. The molecule has 3 heteroatoms. The van der Waals surface area contributed by atoms with E-state index < -0.39 is 0 Å². The highest BCUT2D eigenvalue weighted by Gasteiger charge is 2.14. The third kappa shape index (κ3) is 1.80. The van der Waals surface area contributed by atoms with E-state index in [1.165, 1.54) is 0 Å². The maximum Gasteiger partial charge on any atom is 0.176 e. The molecule has 1 aromatic carbocycles. The van der Waals surface area contributed by atoms with Crippen LogP contribution < -0.4 is 0 Å². The Morgan fingerprint density at radius 1 is 1.05 bits per heavy atom. The van der Waals surface area contributed by atoms with Crippen molar-refractivity contribution in [3.8, 4) is 16.9 Å². The minimum Gasteiger partial charge on any atom is -0.507 e. The number of aromatic hydroxyl groups is 1. The molecule has 0 unspecified atom stereocenters. The average molecular weight is 251 g/mol. The molecule has 0 saturated heterocycles. The molecule has 0 spiro atoms. The van der Waals surface area contributed by atoms with Crippen LogP contribution >= 0.6 is 0 Å². The Morgan fingerprint density at radius 2 is 1.79 bits per heavy atom. The summed E-state index contributed by atoms with van der Waals surface area (Å²) in [5.41, 5.74) is 3.13. The number of ketones is 1. The summed E-state index contributed by atoms with van der Waals surface area (Å²) in [5.74, 6) is 0.219. The second-order valence-corrected chi connectivity index (χ2v) is 4.47. The van der Waals surface area contributed by atoms with Gasteiger partial charge in [0, 0.05) is 24.2 Å². The number of phenols is 1. The number of fused-ring (bicyclic) bond motifs is 1. The smallest absolute Gasteiger partial charge is 0.176 e. The molecule has 0 bridgehead atoms. The normalized spacial score (nSPS) is 10.8. The minimum atomic E-state index is 0.00266. The first-order valence-electron chi connectivity index (χ1n) is 6.08. The summed E-state index contributed by atoms with van der Waals surface area (Å²) in [4.78, 5) is 11.7. The van der Waals surface area contributed by atoms with Gasteiger partial charge in [-0.2, -0.15) is 0 Å². The Morgan fingerprint density at radius 3 is 2.53 bits per heavy atom.